The molecule has 0 fully saturated rings. The van der Waals surface area contributed by atoms with E-state index in [1.807, 2.05) is 13.8 Å². The summed E-state index contributed by atoms with van der Waals surface area (Å²) in [5.41, 5.74) is 2.39. The number of nitrogen functional groups attached to an aromatic ring is 1. The Kier molecular flexibility index (Phi) is 3.93. The van der Waals surface area contributed by atoms with Gasteiger partial charge in [-0.25, -0.2) is 5.84 Å². The number of nitrogens with two attached hydrogens (primary N) is 1. The van der Waals surface area contributed by atoms with Gasteiger partial charge in [-0.3, -0.25) is 0 Å². The Labute approximate surface area is 82.4 Å². The van der Waals surface area contributed by atoms with Crippen LogP contribution in [0, 0.1) is 0 Å². The summed E-state index contributed by atoms with van der Waals surface area (Å²) in [5.74, 6) is 6.55. The van der Waals surface area contributed by atoms with Crippen molar-refractivity contribution < 1.29 is 9.47 Å². The van der Waals surface area contributed by atoms with Crippen LogP contribution in [0.25, 0.3) is 0 Å². The van der Waals surface area contributed by atoms with Crippen molar-refractivity contribution in [2.75, 3.05) is 18.6 Å². The molecule has 14 heavy (non-hydrogen) atoms. The van der Waals surface area contributed by atoms with Crippen LogP contribution in [0.3, 0.4) is 0 Å². The van der Waals surface area contributed by atoms with Crippen LogP contribution in [0.1, 0.15) is 13.8 Å². The number of hydrazine groups is 1. The molecule has 0 atom stereocenters. The highest BCUT2D eigenvalue weighted by atomic mass is 16.5. The summed E-state index contributed by atoms with van der Waals surface area (Å²) >= 11 is 0. The molecule has 1 aromatic rings. The van der Waals surface area contributed by atoms with E-state index in [-0.39, 0.29) is 0 Å². The van der Waals surface area contributed by atoms with E-state index in [9.17, 15) is 0 Å². The largest absolute Gasteiger partial charge is 0.488 e. The number of hydrogen-bond donors (Lipinski definition) is 2. The quantitative estimate of drug-likeness (QED) is 0.531. The lowest BCUT2D eigenvalue weighted by Gasteiger charge is -2.09. The minimum atomic E-state index is 0.383. The van der Waals surface area contributed by atoms with E-state index in [0.717, 1.165) is 0 Å². The summed E-state index contributed by atoms with van der Waals surface area (Å²) < 4.78 is 10.5. The van der Waals surface area contributed by atoms with Gasteiger partial charge in [0.25, 0.3) is 5.88 Å². The van der Waals surface area contributed by atoms with E-state index in [4.69, 9.17) is 15.3 Å². The first-order valence-electron chi connectivity index (χ1n) is 4.41. The number of hydrogen-bond acceptors (Lipinski definition) is 6. The molecule has 0 aliphatic rings. The van der Waals surface area contributed by atoms with Crippen LogP contribution in [0.4, 0.5) is 5.82 Å². The first-order valence-corrected chi connectivity index (χ1v) is 4.41. The van der Waals surface area contributed by atoms with Crippen LogP contribution in [-0.4, -0.2) is 23.4 Å². The maximum Gasteiger partial charge on any atom is 0.276 e. The molecule has 0 saturated heterocycles. The molecule has 1 rings (SSSR count). The Hall–Kier alpha value is -1.56. The van der Waals surface area contributed by atoms with Gasteiger partial charge in [0.2, 0.25) is 0 Å². The van der Waals surface area contributed by atoms with E-state index >= 15 is 0 Å². The first kappa shape index (κ1) is 10.5. The number of anilines is 1. The molecule has 0 bridgehead atoms. The Bertz CT molecular complexity index is 293. The SMILES string of the molecule is CCOc1cc(NN)nnc1OCC. The smallest absolute Gasteiger partial charge is 0.276 e. The van der Waals surface area contributed by atoms with Crippen LogP contribution in [0.2, 0.25) is 0 Å². The molecular formula is C8H14N4O2. The van der Waals surface area contributed by atoms with Crippen molar-refractivity contribution in [3.05, 3.63) is 6.07 Å². The van der Waals surface area contributed by atoms with Crippen molar-refractivity contribution in [2.24, 2.45) is 5.84 Å². The van der Waals surface area contributed by atoms with Gasteiger partial charge in [-0.05, 0) is 13.8 Å². The molecule has 0 aromatic carbocycles. The maximum atomic E-state index is 5.31. The van der Waals surface area contributed by atoms with E-state index in [1.165, 1.54) is 0 Å². The van der Waals surface area contributed by atoms with E-state index in [2.05, 4.69) is 15.6 Å². The van der Waals surface area contributed by atoms with Gasteiger partial charge in [0.15, 0.2) is 11.6 Å². The number of aromatic nitrogens is 2. The van der Waals surface area contributed by atoms with Crippen molar-refractivity contribution in [1.82, 2.24) is 10.2 Å². The van der Waals surface area contributed by atoms with Crippen LogP contribution < -0.4 is 20.7 Å². The van der Waals surface area contributed by atoms with Gasteiger partial charge in [-0.2, -0.15) is 0 Å². The van der Waals surface area contributed by atoms with Gasteiger partial charge >= 0.3 is 0 Å². The van der Waals surface area contributed by atoms with Crippen molar-refractivity contribution in [1.29, 1.82) is 0 Å². The Morgan fingerprint density at radius 3 is 2.57 bits per heavy atom. The summed E-state index contributed by atoms with van der Waals surface area (Å²) in [5, 5.41) is 7.59. The van der Waals surface area contributed by atoms with Gasteiger partial charge in [-0.15, -0.1) is 10.2 Å². The summed E-state index contributed by atoms with van der Waals surface area (Å²) in [6.45, 7) is 4.80. The molecule has 0 spiro atoms. The average Bonchev–Trinajstić information content (AvgIpc) is 2.21. The standard InChI is InChI=1S/C8H14N4O2/c1-3-13-6-5-7(10-9)11-12-8(6)14-4-2/h5H,3-4,9H2,1-2H3,(H,10,11). The summed E-state index contributed by atoms with van der Waals surface area (Å²) in [7, 11) is 0. The third kappa shape index (κ3) is 2.46. The lowest BCUT2D eigenvalue weighted by Crippen LogP contribution is -2.10. The molecule has 78 valence electrons. The van der Waals surface area contributed by atoms with Gasteiger partial charge < -0.3 is 14.9 Å². The first-order chi connectivity index (χ1) is 6.81. The third-order valence-electron chi connectivity index (χ3n) is 1.46. The second kappa shape index (κ2) is 5.23. The van der Waals surface area contributed by atoms with Gasteiger partial charge in [0.1, 0.15) is 0 Å². The zero-order chi connectivity index (χ0) is 10.4. The van der Waals surface area contributed by atoms with Gasteiger partial charge in [-0.1, -0.05) is 0 Å². The van der Waals surface area contributed by atoms with Crippen molar-refractivity contribution in [3.63, 3.8) is 0 Å². The second-order valence-corrected chi connectivity index (χ2v) is 2.41. The molecule has 3 N–H and O–H groups in total. The molecule has 0 unspecified atom stereocenters. The fourth-order valence-electron chi connectivity index (χ4n) is 0.929. The average molecular weight is 198 g/mol. The maximum absolute atomic E-state index is 5.31. The molecule has 0 radical (unpaired) electrons. The normalized spacial score (nSPS) is 9.64. The molecule has 1 heterocycles. The molecule has 6 heteroatoms. The van der Waals surface area contributed by atoms with Gasteiger partial charge in [0, 0.05) is 6.07 Å². The third-order valence-corrected chi connectivity index (χ3v) is 1.46. The van der Waals surface area contributed by atoms with Crippen molar-refractivity contribution >= 4 is 5.82 Å². The topological polar surface area (TPSA) is 82.3 Å². The molecular weight excluding hydrogens is 184 g/mol. The number of nitrogens with one attached hydrogen (secondary N) is 1. The predicted molar refractivity (Wildman–Crippen MR) is 52.2 cm³/mol. The van der Waals surface area contributed by atoms with Gasteiger partial charge in [0.05, 0.1) is 13.2 Å². The van der Waals surface area contributed by atoms with Crippen LogP contribution in [0.15, 0.2) is 6.07 Å². The second-order valence-electron chi connectivity index (χ2n) is 2.41. The summed E-state index contributed by atoms with van der Waals surface area (Å²) in [6.07, 6.45) is 0. The molecule has 0 amide bonds. The highest BCUT2D eigenvalue weighted by Crippen LogP contribution is 2.25. The van der Waals surface area contributed by atoms with E-state index in [0.29, 0.717) is 30.7 Å². The fraction of sp³-hybridized carbons (Fsp3) is 0.500. The number of ether oxygens (including phenoxy) is 2. The number of nitrogens with zero attached hydrogens (tertiary/aromatic N) is 2. The Morgan fingerprint density at radius 2 is 2.00 bits per heavy atom. The lowest BCUT2D eigenvalue weighted by atomic mass is 10.4. The Morgan fingerprint density at radius 1 is 1.29 bits per heavy atom. The minimum Gasteiger partial charge on any atom is -0.488 e. The number of rotatable bonds is 5. The summed E-state index contributed by atoms with van der Waals surface area (Å²) in [6, 6.07) is 1.64. The summed E-state index contributed by atoms with van der Waals surface area (Å²) in [4.78, 5) is 0. The zero-order valence-corrected chi connectivity index (χ0v) is 8.28. The van der Waals surface area contributed by atoms with Crippen molar-refractivity contribution in [2.45, 2.75) is 13.8 Å². The highest BCUT2D eigenvalue weighted by molar-refractivity contribution is 5.43. The van der Waals surface area contributed by atoms with Crippen LogP contribution in [0.5, 0.6) is 11.6 Å². The monoisotopic (exact) mass is 198 g/mol. The molecule has 0 saturated carbocycles. The molecule has 6 nitrogen and oxygen atoms in total. The molecule has 1 aromatic heterocycles. The van der Waals surface area contributed by atoms with Crippen LogP contribution in [-0.2, 0) is 0 Å². The highest BCUT2D eigenvalue weighted by Gasteiger charge is 2.08. The minimum absolute atomic E-state index is 0.383. The van der Waals surface area contributed by atoms with E-state index in [1.54, 1.807) is 6.07 Å². The fourth-order valence-corrected chi connectivity index (χ4v) is 0.929. The van der Waals surface area contributed by atoms with Crippen molar-refractivity contribution in [3.8, 4) is 11.6 Å². The Balaban J connectivity index is 2.91. The lowest BCUT2D eigenvalue weighted by molar-refractivity contribution is 0.275. The molecule has 0 aliphatic heterocycles. The predicted octanol–water partition coefficient (Wildman–Crippen LogP) is 0.560. The van der Waals surface area contributed by atoms with Crippen LogP contribution >= 0.6 is 0 Å². The molecule has 0 aliphatic carbocycles. The van der Waals surface area contributed by atoms with E-state index < -0.39 is 0 Å². The zero-order valence-electron chi connectivity index (χ0n) is 8.28.